The zero-order valence-electron chi connectivity index (χ0n) is 8.69. The fraction of sp³-hybridized carbons (Fsp3) is 0.333. The van der Waals surface area contributed by atoms with E-state index in [-0.39, 0.29) is 5.56 Å². The molecule has 0 aliphatic rings. The van der Waals surface area contributed by atoms with Gasteiger partial charge >= 0.3 is 0 Å². The maximum atomic E-state index is 11.6. The van der Waals surface area contributed by atoms with Gasteiger partial charge in [0, 0.05) is 7.05 Å². The summed E-state index contributed by atoms with van der Waals surface area (Å²) in [6.45, 7) is 7.55. The van der Waals surface area contributed by atoms with E-state index in [2.05, 4.69) is 25.1 Å². The van der Waals surface area contributed by atoms with Crippen molar-refractivity contribution in [3.63, 3.8) is 0 Å². The molecule has 0 aliphatic carbocycles. The zero-order valence-corrected chi connectivity index (χ0v) is 8.69. The standard InChI is InChI=1S/C9H10N6O/c1-10-3-4-15-5-12-6-7(15)13-9(11-2)14-8(6)16/h5H,3-4H2,2H3,(H2,11,13,14,16). The SMILES string of the molecule is [C-]#[N+]CCn1cnc2c(=O)[nH]c(NC)nc21. The summed E-state index contributed by atoms with van der Waals surface area (Å²) in [5.74, 6) is 0.391. The highest BCUT2D eigenvalue weighted by Crippen LogP contribution is 2.07. The van der Waals surface area contributed by atoms with Crippen molar-refractivity contribution in [3.05, 3.63) is 28.1 Å². The topological polar surface area (TPSA) is 80.0 Å². The molecule has 0 fully saturated rings. The van der Waals surface area contributed by atoms with Crippen molar-refractivity contribution < 1.29 is 0 Å². The first-order valence-corrected chi connectivity index (χ1v) is 4.72. The lowest BCUT2D eigenvalue weighted by atomic mass is 10.5. The van der Waals surface area contributed by atoms with Crippen LogP contribution < -0.4 is 10.9 Å². The number of imidazole rings is 1. The van der Waals surface area contributed by atoms with Gasteiger partial charge in [-0.1, -0.05) is 0 Å². The Balaban J connectivity index is 2.57. The highest BCUT2D eigenvalue weighted by Gasteiger charge is 2.09. The number of fused-ring (bicyclic) bond motifs is 1. The molecule has 0 aromatic carbocycles. The first kappa shape index (κ1) is 10.2. The summed E-state index contributed by atoms with van der Waals surface area (Å²) >= 11 is 0. The van der Waals surface area contributed by atoms with Crippen LogP contribution in [0, 0.1) is 6.57 Å². The summed E-state index contributed by atoms with van der Waals surface area (Å²) in [4.78, 5) is 25.6. The smallest absolute Gasteiger partial charge is 0.280 e. The van der Waals surface area contributed by atoms with Crippen LogP contribution in [-0.4, -0.2) is 33.1 Å². The minimum atomic E-state index is -0.282. The second-order valence-corrected chi connectivity index (χ2v) is 3.16. The monoisotopic (exact) mass is 218 g/mol. The summed E-state index contributed by atoms with van der Waals surface area (Å²) in [5, 5.41) is 2.76. The van der Waals surface area contributed by atoms with Gasteiger partial charge in [0.2, 0.25) is 12.5 Å². The quantitative estimate of drug-likeness (QED) is 0.715. The van der Waals surface area contributed by atoms with Crippen LogP contribution in [0.4, 0.5) is 5.95 Å². The highest BCUT2D eigenvalue weighted by atomic mass is 16.1. The molecule has 0 spiro atoms. The molecule has 0 amide bonds. The van der Waals surface area contributed by atoms with Gasteiger partial charge in [0.1, 0.15) is 0 Å². The van der Waals surface area contributed by atoms with Gasteiger partial charge in [0.15, 0.2) is 11.2 Å². The average Bonchev–Trinajstić information content (AvgIpc) is 2.70. The van der Waals surface area contributed by atoms with Crippen LogP contribution in [-0.2, 0) is 6.54 Å². The Morgan fingerprint density at radius 1 is 1.69 bits per heavy atom. The molecule has 2 rings (SSSR count). The second kappa shape index (κ2) is 4.02. The Morgan fingerprint density at radius 2 is 2.50 bits per heavy atom. The number of aromatic nitrogens is 4. The third kappa shape index (κ3) is 1.61. The van der Waals surface area contributed by atoms with Crippen molar-refractivity contribution in [3.8, 4) is 0 Å². The Morgan fingerprint density at radius 3 is 3.19 bits per heavy atom. The molecule has 0 saturated carbocycles. The third-order valence-electron chi connectivity index (χ3n) is 2.16. The number of aromatic amines is 1. The van der Waals surface area contributed by atoms with Crippen molar-refractivity contribution in [2.75, 3.05) is 18.9 Å². The summed E-state index contributed by atoms with van der Waals surface area (Å²) in [7, 11) is 1.67. The van der Waals surface area contributed by atoms with Gasteiger partial charge in [-0.25, -0.2) is 11.6 Å². The van der Waals surface area contributed by atoms with Crippen LogP contribution in [0.15, 0.2) is 11.1 Å². The van der Waals surface area contributed by atoms with Crippen molar-refractivity contribution in [1.29, 1.82) is 0 Å². The number of hydrogen-bond donors (Lipinski definition) is 2. The van der Waals surface area contributed by atoms with Gasteiger partial charge < -0.3 is 14.7 Å². The number of hydrogen-bond acceptors (Lipinski definition) is 4. The molecule has 2 aromatic heterocycles. The number of H-pyrrole nitrogens is 1. The van der Waals surface area contributed by atoms with E-state index >= 15 is 0 Å². The predicted molar refractivity (Wildman–Crippen MR) is 59.2 cm³/mol. The largest absolute Gasteiger partial charge is 0.359 e. The van der Waals surface area contributed by atoms with E-state index in [9.17, 15) is 4.79 Å². The zero-order chi connectivity index (χ0) is 11.5. The van der Waals surface area contributed by atoms with E-state index in [4.69, 9.17) is 6.57 Å². The van der Waals surface area contributed by atoms with Crippen molar-refractivity contribution >= 4 is 17.1 Å². The molecule has 7 nitrogen and oxygen atoms in total. The van der Waals surface area contributed by atoms with Gasteiger partial charge in [0.05, 0.1) is 12.9 Å². The molecule has 2 heterocycles. The van der Waals surface area contributed by atoms with E-state index in [1.165, 1.54) is 6.33 Å². The number of anilines is 1. The second-order valence-electron chi connectivity index (χ2n) is 3.16. The summed E-state index contributed by atoms with van der Waals surface area (Å²) in [6, 6.07) is 0. The molecule has 2 N–H and O–H groups in total. The molecule has 82 valence electrons. The van der Waals surface area contributed by atoms with E-state index in [1.54, 1.807) is 11.6 Å². The van der Waals surface area contributed by atoms with Crippen molar-refractivity contribution in [2.45, 2.75) is 6.54 Å². The lowest BCUT2D eigenvalue weighted by Gasteiger charge is -2.00. The lowest BCUT2D eigenvalue weighted by molar-refractivity contribution is 0.758. The third-order valence-corrected chi connectivity index (χ3v) is 2.16. The Hall–Kier alpha value is -2.36. The van der Waals surface area contributed by atoms with E-state index in [0.717, 1.165) is 0 Å². The van der Waals surface area contributed by atoms with Gasteiger partial charge in [0.25, 0.3) is 5.56 Å². The minimum absolute atomic E-state index is 0.282. The number of rotatable bonds is 3. The van der Waals surface area contributed by atoms with Crippen LogP contribution in [0.2, 0.25) is 0 Å². The highest BCUT2D eigenvalue weighted by molar-refractivity contribution is 5.70. The Labute approximate surface area is 91.0 Å². The van der Waals surface area contributed by atoms with Crippen LogP contribution >= 0.6 is 0 Å². The molecule has 7 heteroatoms. The average molecular weight is 218 g/mol. The molecule has 16 heavy (non-hydrogen) atoms. The molecule has 0 atom stereocenters. The van der Waals surface area contributed by atoms with Gasteiger partial charge in [-0.3, -0.25) is 9.78 Å². The van der Waals surface area contributed by atoms with Crippen LogP contribution in [0.1, 0.15) is 0 Å². The molecule has 0 radical (unpaired) electrons. The fourth-order valence-electron chi connectivity index (χ4n) is 1.39. The lowest BCUT2D eigenvalue weighted by Crippen LogP contribution is -2.12. The van der Waals surface area contributed by atoms with Crippen LogP contribution in [0.5, 0.6) is 0 Å². The minimum Gasteiger partial charge on any atom is -0.359 e. The predicted octanol–water partition coefficient (Wildman–Crippen LogP) is 0.0806. The molecule has 0 unspecified atom stereocenters. The Bertz CT molecular complexity index is 604. The molecule has 0 aliphatic heterocycles. The normalized spacial score (nSPS) is 10.2. The van der Waals surface area contributed by atoms with Gasteiger partial charge in [-0.15, -0.1) is 0 Å². The van der Waals surface area contributed by atoms with Crippen molar-refractivity contribution in [2.24, 2.45) is 0 Å². The fourth-order valence-corrected chi connectivity index (χ4v) is 1.39. The summed E-state index contributed by atoms with van der Waals surface area (Å²) in [6.07, 6.45) is 1.53. The van der Waals surface area contributed by atoms with E-state index in [1.807, 2.05) is 0 Å². The maximum Gasteiger partial charge on any atom is 0.280 e. The number of nitrogens with zero attached hydrogens (tertiary/aromatic N) is 4. The molecule has 2 aromatic rings. The van der Waals surface area contributed by atoms with E-state index in [0.29, 0.717) is 30.2 Å². The summed E-state index contributed by atoms with van der Waals surface area (Å²) < 4.78 is 1.70. The molecule has 0 saturated heterocycles. The van der Waals surface area contributed by atoms with E-state index < -0.39 is 0 Å². The van der Waals surface area contributed by atoms with Gasteiger partial charge in [-0.2, -0.15) is 4.98 Å². The number of nitrogens with one attached hydrogen (secondary N) is 2. The van der Waals surface area contributed by atoms with Crippen LogP contribution in [0.25, 0.3) is 16.0 Å². The molecular weight excluding hydrogens is 208 g/mol. The first-order chi connectivity index (χ1) is 7.76. The van der Waals surface area contributed by atoms with Crippen LogP contribution in [0.3, 0.4) is 0 Å². The van der Waals surface area contributed by atoms with Crippen molar-refractivity contribution in [1.82, 2.24) is 19.5 Å². The first-order valence-electron chi connectivity index (χ1n) is 4.72. The maximum absolute atomic E-state index is 11.6. The molecular formula is C9H10N6O. The molecule has 0 bridgehead atoms. The summed E-state index contributed by atoms with van der Waals surface area (Å²) in [5.41, 5.74) is 0.511. The Kier molecular flexibility index (Phi) is 2.55. The van der Waals surface area contributed by atoms with Gasteiger partial charge in [-0.05, 0) is 0 Å².